The fraction of sp³-hybridized carbons (Fsp3) is 0.240. The van der Waals surface area contributed by atoms with Gasteiger partial charge in [-0.25, -0.2) is 0 Å². The number of carbonyl (C=O) groups excluding carboxylic acids is 3. The predicted octanol–water partition coefficient (Wildman–Crippen LogP) is 3.92. The van der Waals surface area contributed by atoms with Crippen molar-refractivity contribution in [1.29, 1.82) is 0 Å². The smallest absolute Gasteiger partial charge is 0.251 e. The van der Waals surface area contributed by atoms with Gasteiger partial charge in [-0.3, -0.25) is 14.4 Å². The molecule has 4 N–H and O–H groups in total. The van der Waals surface area contributed by atoms with E-state index in [9.17, 15) is 14.4 Å². The quantitative estimate of drug-likeness (QED) is 0.398. The van der Waals surface area contributed by atoms with Gasteiger partial charge in [0, 0.05) is 28.5 Å². The van der Waals surface area contributed by atoms with Crippen LogP contribution in [0, 0.1) is 12.8 Å². The zero-order valence-electron chi connectivity index (χ0n) is 18.3. The van der Waals surface area contributed by atoms with Crippen molar-refractivity contribution in [3.8, 4) is 0 Å². The molecule has 1 fully saturated rings. The molecule has 8 nitrogen and oxygen atoms in total. The number of nitrogens with one attached hydrogen (secondary N) is 4. The number of furan rings is 1. The summed E-state index contributed by atoms with van der Waals surface area (Å²) in [6.07, 6.45) is 3.44. The van der Waals surface area contributed by atoms with Crippen LogP contribution in [0.4, 0.5) is 17.1 Å². The van der Waals surface area contributed by atoms with Crippen molar-refractivity contribution >= 4 is 34.8 Å². The Bertz CT molecular complexity index is 1140. The van der Waals surface area contributed by atoms with Crippen LogP contribution in [0.5, 0.6) is 0 Å². The molecule has 0 spiro atoms. The average molecular weight is 447 g/mol. The van der Waals surface area contributed by atoms with Crippen molar-refractivity contribution in [2.45, 2.75) is 26.3 Å². The van der Waals surface area contributed by atoms with Crippen LogP contribution in [0.15, 0.2) is 65.3 Å². The van der Waals surface area contributed by atoms with E-state index < -0.39 is 0 Å². The van der Waals surface area contributed by atoms with Gasteiger partial charge in [0.05, 0.1) is 19.4 Å². The summed E-state index contributed by atoms with van der Waals surface area (Å²) in [5.74, 6) is 0.393. The molecule has 1 saturated carbocycles. The van der Waals surface area contributed by atoms with E-state index >= 15 is 0 Å². The Kier molecular flexibility index (Phi) is 6.73. The van der Waals surface area contributed by atoms with Gasteiger partial charge >= 0.3 is 0 Å². The van der Waals surface area contributed by atoms with Crippen LogP contribution < -0.4 is 21.3 Å². The van der Waals surface area contributed by atoms with Crippen molar-refractivity contribution in [3.63, 3.8) is 0 Å². The molecule has 33 heavy (non-hydrogen) atoms. The number of rotatable bonds is 9. The Morgan fingerprint density at radius 2 is 1.70 bits per heavy atom. The molecule has 0 atom stereocenters. The molecule has 0 unspecified atom stereocenters. The molecule has 0 saturated heterocycles. The second-order valence-corrected chi connectivity index (χ2v) is 7.98. The predicted molar refractivity (Wildman–Crippen MR) is 126 cm³/mol. The summed E-state index contributed by atoms with van der Waals surface area (Å²) in [5.41, 5.74) is 3.48. The van der Waals surface area contributed by atoms with E-state index in [0.29, 0.717) is 23.6 Å². The van der Waals surface area contributed by atoms with Crippen LogP contribution in [0.1, 0.15) is 34.5 Å². The first kappa shape index (κ1) is 22.1. The maximum atomic E-state index is 12.4. The van der Waals surface area contributed by atoms with Crippen molar-refractivity contribution < 1.29 is 18.8 Å². The number of anilines is 3. The van der Waals surface area contributed by atoms with Gasteiger partial charge < -0.3 is 25.7 Å². The molecule has 0 radical (unpaired) electrons. The largest absolute Gasteiger partial charge is 0.467 e. The molecule has 3 amide bonds. The van der Waals surface area contributed by atoms with Crippen molar-refractivity contribution in [2.75, 3.05) is 22.5 Å². The van der Waals surface area contributed by atoms with Crippen LogP contribution >= 0.6 is 0 Å². The van der Waals surface area contributed by atoms with E-state index in [-0.39, 0.29) is 30.2 Å². The number of hydrogen-bond donors (Lipinski definition) is 4. The van der Waals surface area contributed by atoms with Crippen LogP contribution in [-0.2, 0) is 16.1 Å². The van der Waals surface area contributed by atoms with Crippen molar-refractivity contribution in [1.82, 2.24) is 5.32 Å². The molecule has 1 aliphatic carbocycles. The lowest BCUT2D eigenvalue weighted by Crippen LogP contribution is -2.23. The third kappa shape index (κ3) is 6.00. The summed E-state index contributed by atoms with van der Waals surface area (Å²) < 4.78 is 5.19. The third-order valence-corrected chi connectivity index (χ3v) is 5.41. The second-order valence-electron chi connectivity index (χ2n) is 7.98. The van der Waals surface area contributed by atoms with Crippen LogP contribution in [0.3, 0.4) is 0 Å². The Labute approximate surface area is 191 Å². The van der Waals surface area contributed by atoms with Gasteiger partial charge in [0.2, 0.25) is 11.8 Å². The summed E-state index contributed by atoms with van der Waals surface area (Å²) in [7, 11) is 0. The monoisotopic (exact) mass is 446 g/mol. The highest BCUT2D eigenvalue weighted by Gasteiger charge is 2.29. The van der Waals surface area contributed by atoms with Gasteiger partial charge in [0.15, 0.2) is 0 Å². The molecule has 8 heteroatoms. The van der Waals surface area contributed by atoms with Gasteiger partial charge in [-0.2, -0.15) is 0 Å². The number of benzene rings is 2. The van der Waals surface area contributed by atoms with Crippen molar-refractivity contribution in [2.24, 2.45) is 5.92 Å². The minimum absolute atomic E-state index is 0.0473. The molecule has 1 aliphatic rings. The molecule has 3 aromatic rings. The summed E-state index contributed by atoms with van der Waals surface area (Å²) in [5, 5.41) is 11.6. The van der Waals surface area contributed by atoms with Gasteiger partial charge in [0.25, 0.3) is 5.91 Å². The summed E-state index contributed by atoms with van der Waals surface area (Å²) in [6, 6.07) is 15.8. The normalized spacial score (nSPS) is 12.6. The number of carbonyl (C=O) groups is 3. The lowest BCUT2D eigenvalue weighted by Gasteiger charge is -2.14. The highest BCUT2D eigenvalue weighted by atomic mass is 16.3. The first-order valence-electron chi connectivity index (χ1n) is 10.8. The lowest BCUT2D eigenvalue weighted by atomic mass is 10.1. The van der Waals surface area contributed by atoms with E-state index in [1.807, 2.05) is 25.1 Å². The maximum absolute atomic E-state index is 12.4. The van der Waals surface area contributed by atoms with E-state index in [2.05, 4.69) is 21.3 Å². The molecule has 170 valence electrons. The van der Waals surface area contributed by atoms with Gasteiger partial charge in [-0.05, 0) is 73.9 Å². The lowest BCUT2D eigenvalue weighted by molar-refractivity contribution is -0.117. The molecule has 0 bridgehead atoms. The molecule has 1 heterocycles. The minimum atomic E-state index is -0.227. The average Bonchev–Trinajstić information content (AvgIpc) is 3.54. The zero-order chi connectivity index (χ0) is 23.2. The Morgan fingerprint density at radius 3 is 2.39 bits per heavy atom. The molecular weight excluding hydrogens is 420 g/mol. The van der Waals surface area contributed by atoms with Gasteiger partial charge in [-0.15, -0.1) is 0 Å². The fourth-order valence-corrected chi connectivity index (χ4v) is 3.31. The molecule has 1 aromatic heterocycles. The topological polar surface area (TPSA) is 112 Å². The molecule has 2 aromatic carbocycles. The van der Waals surface area contributed by atoms with Crippen LogP contribution in [0.2, 0.25) is 0 Å². The van der Waals surface area contributed by atoms with Crippen LogP contribution in [-0.4, -0.2) is 24.3 Å². The minimum Gasteiger partial charge on any atom is -0.467 e. The highest BCUT2D eigenvalue weighted by Crippen LogP contribution is 2.31. The van der Waals surface area contributed by atoms with Gasteiger partial charge in [-0.1, -0.05) is 6.07 Å². The maximum Gasteiger partial charge on any atom is 0.251 e. The molecular formula is C25H26N4O4. The first-order chi connectivity index (χ1) is 16.0. The Hall–Kier alpha value is -4.07. The van der Waals surface area contributed by atoms with E-state index in [4.69, 9.17) is 4.42 Å². The van der Waals surface area contributed by atoms with Crippen molar-refractivity contribution in [3.05, 3.63) is 77.7 Å². The first-order valence-corrected chi connectivity index (χ1v) is 10.8. The molecule has 4 rings (SSSR count). The summed E-state index contributed by atoms with van der Waals surface area (Å²) in [6.45, 7) is 2.27. The Balaban J connectivity index is 1.26. The second kappa shape index (κ2) is 10.0. The summed E-state index contributed by atoms with van der Waals surface area (Å²) >= 11 is 0. The summed E-state index contributed by atoms with van der Waals surface area (Å²) in [4.78, 5) is 36.6. The van der Waals surface area contributed by atoms with Crippen LogP contribution in [0.25, 0.3) is 0 Å². The Morgan fingerprint density at radius 1 is 0.939 bits per heavy atom. The SMILES string of the molecule is Cc1c(NCC(=O)Nc2ccc(C(=O)NCc3ccco3)cc2)cccc1NC(=O)C1CC1. The number of hydrogen-bond acceptors (Lipinski definition) is 5. The zero-order valence-corrected chi connectivity index (χ0v) is 18.3. The van der Waals surface area contributed by atoms with E-state index in [1.54, 1.807) is 42.7 Å². The standard InChI is InChI=1S/C25H26N4O4/c1-16-21(5-2-6-22(16)29-25(32)18-7-8-18)26-15-23(30)28-19-11-9-17(10-12-19)24(31)27-14-20-4-3-13-33-20/h2-6,9-13,18,26H,7-8,14-15H2,1H3,(H,27,31)(H,28,30)(H,29,32). The highest BCUT2D eigenvalue weighted by molar-refractivity contribution is 5.97. The third-order valence-electron chi connectivity index (χ3n) is 5.41. The molecule has 0 aliphatic heterocycles. The van der Waals surface area contributed by atoms with E-state index in [0.717, 1.165) is 29.8 Å². The number of amides is 3. The fourth-order valence-electron chi connectivity index (χ4n) is 3.31. The van der Waals surface area contributed by atoms with E-state index in [1.165, 1.54) is 0 Å². The van der Waals surface area contributed by atoms with Gasteiger partial charge in [0.1, 0.15) is 5.76 Å².